The second-order valence-corrected chi connectivity index (χ2v) is 8.95. The Morgan fingerprint density at radius 1 is 1.12 bits per heavy atom. The van der Waals surface area contributed by atoms with Gasteiger partial charge in [0, 0.05) is 35.9 Å². The zero-order valence-electron chi connectivity index (χ0n) is 20.2. The van der Waals surface area contributed by atoms with Crippen molar-refractivity contribution < 1.29 is 9.59 Å². The van der Waals surface area contributed by atoms with Gasteiger partial charge in [0.05, 0.1) is 6.42 Å². The van der Waals surface area contributed by atoms with Crippen LogP contribution in [0.1, 0.15) is 56.2 Å². The molecule has 1 aliphatic heterocycles. The average Bonchev–Trinajstić information content (AvgIpc) is 3.47. The van der Waals surface area contributed by atoms with Gasteiger partial charge in [-0.05, 0) is 57.4 Å². The largest absolute Gasteiger partial charge is 0.371 e. The summed E-state index contributed by atoms with van der Waals surface area (Å²) >= 11 is 0. The second-order valence-electron chi connectivity index (χ2n) is 8.95. The van der Waals surface area contributed by atoms with Crippen LogP contribution in [0.3, 0.4) is 0 Å². The Morgan fingerprint density at radius 2 is 1.91 bits per heavy atom. The van der Waals surface area contributed by atoms with Gasteiger partial charge in [-0.1, -0.05) is 25.8 Å². The van der Waals surface area contributed by atoms with E-state index in [4.69, 9.17) is 0 Å². The van der Waals surface area contributed by atoms with Crippen LogP contribution in [-0.2, 0) is 16.0 Å². The zero-order chi connectivity index (χ0) is 24.1. The van der Waals surface area contributed by atoms with E-state index in [0.717, 1.165) is 48.7 Å². The Balaban J connectivity index is 1.42. The molecule has 0 saturated carbocycles. The molecule has 9 nitrogen and oxygen atoms in total. The van der Waals surface area contributed by atoms with Gasteiger partial charge in [-0.2, -0.15) is 4.98 Å². The van der Waals surface area contributed by atoms with Gasteiger partial charge in [-0.25, -0.2) is 9.50 Å². The summed E-state index contributed by atoms with van der Waals surface area (Å²) in [7, 11) is 0. The molecule has 3 aromatic rings. The number of unbranched alkanes of at least 4 members (excludes halogenated alkanes) is 1. The molecule has 1 atom stereocenters. The lowest BCUT2D eigenvalue weighted by Gasteiger charge is -2.20. The summed E-state index contributed by atoms with van der Waals surface area (Å²) in [5.74, 6) is 0.356. The molecule has 0 aliphatic carbocycles. The third kappa shape index (κ3) is 5.70. The number of nitrogens with one attached hydrogen (secondary N) is 2. The fourth-order valence-corrected chi connectivity index (χ4v) is 4.33. The number of aromatic nitrogens is 4. The predicted molar refractivity (Wildman–Crippen MR) is 132 cm³/mol. The van der Waals surface area contributed by atoms with Crippen LogP contribution < -0.4 is 15.5 Å². The van der Waals surface area contributed by atoms with Crippen molar-refractivity contribution in [1.29, 1.82) is 0 Å². The fraction of sp³-hybridized carbons (Fsp3) is 0.480. The van der Waals surface area contributed by atoms with Crippen molar-refractivity contribution in [2.24, 2.45) is 0 Å². The number of fused-ring (bicyclic) bond motifs is 1. The van der Waals surface area contributed by atoms with Crippen LogP contribution >= 0.6 is 0 Å². The van der Waals surface area contributed by atoms with Crippen molar-refractivity contribution in [3.05, 3.63) is 47.5 Å². The maximum absolute atomic E-state index is 13.1. The Kier molecular flexibility index (Phi) is 7.40. The number of carbonyl (C=O) groups is 2. The van der Waals surface area contributed by atoms with Gasteiger partial charge in [-0.3, -0.25) is 9.59 Å². The molecule has 4 rings (SSSR count). The molecule has 1 fully saturated rings. The first-order valence-electron chi connectivity index (χ1n) is 12.1. The minimum atomic E-state index is -0.623. The maximum Gasteiger partial charge on any atom is 0.252 e. The van der Waals surface area contributed by atoms with Crippen LogP contribution in [0.5, 0.6) is 0 Å². The minimum Gasteiger partial charge on any atom is -0.371 e. The molecule has 3 heterocycles. The molecule has 34 heavy (non-hydrogen) atoms. The van der Waals surface area contributed by atoms with Gasteiger partial charge in [0.2, 0.25) is 11.8 Å². The molecule has 2 N–H and O–H groups in total. The first-order chi connectivity index (χ1) is 16.4. The SMILES string of the molecule is CCCCC(NC(=O)Cc1nc2nc(C)cc(C)n2n1)C(=O)Nc1cccc(N2CCCC2)c1. The first-order valence-corrected chi connectivity index (χ1v) is 12.1. The molecule has 2 amide bonds. The molecule has 1 saturated heterocycles. The molecule has 1 aromatic carbocycles. The van der Waals surface area contributed by atoms with Crippen molar-refractivity contribution in [3.8, 4) is 0 Å². The van der Waals surface area contributed by atoms with E-state index >= 15 is 0 Å². The number of anilines is 2. The van der Waals surface area contributed by atoms with Gasteiger partial charge >= 0.3 is 0 Å². The molecule has 2 aromatic heterocycles. The summed E-state index contributed by atoms with van der Waals surface area (Å²) in [4.78, 5) is 36.9. The van der Waals surface area contributed by atoms with Crippen LogP contribution in [0.4, 0.5) is 11.4 Å². The molecule has 1 aliphatic rings. The predicted octanol–water partition coefficient (Wildman–Crippen LogP) is 3.20. The number of aryl methyl sites for hydroxylation is 2. The molecule has 0 bridgehead atoms. The summed E-state index contributed by atoms with van der Waals surface area (Å²) in [5.41, 5.74) is 3.60. The highest BCUT2D eigenvalue weighted by Gasteiger charge is 2.22. The number of rotatable bonds is 9. The van der Waals surface area contributed by atoms with Gasteiger partial charge in [0.1, 0.15) is 6.04 Å². The lowest BCUT2D eigenvalue weighted by molar-refractivity contribution is -0.126. The van der Waals surface area contributed by atoms with Crippen LogP contribution in [0.15, 0.2) is 30.3 Å². The molecular formula is C25H33N7O2. The molecule has 1 unspecified atom stereocenters. The highest BCUT2D eigenvalue weighted by Crippen LogP contribution is 2.23. The monoisotopic (exact) mass is 463 g/mol. The van der Waals surface area contributed by atoms with Gasteiger partial charge < -0.3 is 15.5 Å². The molecule has 180 valence electrons. The van der Waals surface area contributed by atoms with Gasteiger partial charge in [0.25, 0.3) is 5.78 Å². The number of nitrogens with zero attached hydrogens (tertiary/aromatic N) is 5. The van der Waals surface area contributed by atoms with Crippen molar-refractivity contribution in [2.75, 3.05) is 23.3 Å². The van der Waals surface area contributed by atoms with E-state index in [2.05, 4.69) is 43.6 Å². The van der Waals surface area contributed by atoms with Gasteiger partial charge in [0.15, 0.2) is 5.82 Å². The molecule has 0 radical (unpaired) electrons. The van der Waals surface area contributed by atoms with E-state index < -0.39 is 6.04 Å². The smallest absolute Gasteiger partial charge is 0.252 e. The Labute approximate surface area is 200 Å². The second kappa shape index (κ2) is 10.6. The standard InChI is InChI=1S/C25H33N7O2/c1-4-5-11-21(24(34)27-19-9-8-10-20(15-19)31-12-6-7-13-31)28-23(33)16-22-29-25-26-17(2)14-18(3)32(25)30-22/h8-10,14-15,21H,4-7,11-13,16H2,1-3H3,(H,27,34)(H,28,33). The number of amides is 2. The highest BCUT2D eigenvalue weighted by atomic mass is 16.2. The van der Waals surface area contributed by atoms with E-state index in [1.165, 1.54) is 12.8 Å². The van der Waals surface area contributed by atoms with Gasteiger partial charge in [-0.15, -0.1) is 5.10 Å². The maximum atomic E-state index is 13.1. The minimum absolute atomic E-state index is 0.0117. The summed E-state index contributed by atoms with van der Waals surface area (Å²) in [6, 6.07) is 9.19. The lowest BCUT2D eigenvalue weighted by atomic mass is 10.1. The van der Waals surface area contributed by atoms with Crippen LogP contribution in [0, 0.1) is 13.8 Å². The topological polar surface area (TPSA) is 105 Å². The third-order valence-electron chi connectivity index (χ3n) is 6.06. The highest BCUT2D eigenvalue weighted by molar-refractivity contribution is 5.97. The first kappa shape index (κ1) is 23.7. The Bertz CT molecular complexity index is 1170. The summed E-state index contributed by atoms with van der Waals surface area (Å²) < 4.78 is 1.63. The van der Waals surface area contributed by atoms with Crippen molar-refractivity contribution in [3.63, 3.8) is 0 Å². The molecule has 0 spiro atoms. The summed E-state index contributed by atoms with van der Waals surface area (Å²) in [6.45, 7) is 7.96. The van der Waals surface area contributed by atoms with E-state index in [1.807, 2.05) is 38.1 Å². The van der Waals surface area contributed by atoms with Crippen LogP contribution in [0.25, 0.3) is 5.78 Å². The average molecular weight is 464 g/mol. The van der Waals surface area contributed by atoms with E-state index in [-0.39, 0.29) is 18.2 Å². The summed E-state index contributed by atoms with van der Waals surface area (Å²) in [6.07, 6.45) is 4.71. The van der Waals surface area contributed by atoms with E-state index in [0.29, 0.717) is 18.0 Å². The molecule has 9 heteroatoms. The number of benzene rings is 1. The van der Waals surface area contributed by atoms with Crippen molar-refractivity contribution in [2.45, 2.75) is 65.3 Å². The number of carbonyl (C=O) groups excluding carboxylic acids is 2. The van der Waals surface area contributed by atoms with Crippen molar-refractivity contribution >= 4 is 29.0 Å². The fourth-order valence-electron chi connectivity index (χ4n) is 4.33. The van der Waals surface area contributed by atoms with Crippen LogP contribution in [0.2, 0.25) is 0 Å². The number of hydrogen-bond donors (Lipinski definition) is 2. The quantitative estimate of drug-likeness (QED) is 0.505. The van der Waals surface area contributed by atoms with E-state index in [1.54, 1.807) is 4.52 Å². The summed E-state index contributed by atoms with van der Waals surface area (Å²) in [5, 5.41) is 10.3. The molecular weight excluding hydrogens is 430 g/mol. The Morgan fingerprint density at radius 3 is 2.68 bits per heavy atom. The third-order valence-corrected chi connectivity index (χ3v) is 6.06. The number of hydrogen-bond acceptors (Lipinski definition) is 6. The van der Waals surface area contributed by atoms with Crippen molar-refractivity contribution in [1.82, 2.24) is 24.9 Å². The normalized spacial score (nSPS) is 14.4. The zero-order valence-corrected chi connectivity index (χ0v) is 20.2. The van der Waals surface area contributed by atoms with E-state index in [9.17, 15) is 9.59 Å². The lowest BCUT2D eigenvalue weighted by Crippen LogP contribution is -2.44. The Hall–Kier alpha value is -3.49. The van der Waals surface area contributed by atoms with Crippen LogP contribution in [-0.4, -0.2) is 50.5 Å².